The van der Waals surface area contributed by atoms with Gasteiger partial charge in [0.15, 0.2) is 5.15 Å². The van der Waals surface area contributed by atoms with Crippen molar-refractivity contribution in [3.63, 3.8) is 0 Å². The van der Waals surface area contributed by atoms with E-state index in [0.29, 0.717) is 10.8 Å². The van der Waals surface area contributed by atoms with Gasteiger partial charge in [-0.15, -0.1) is 0 Å². The van der Waals surface area contributed by atoms with Gasteiger partial charge in [-0.3, -0.25) is 0 Å². The monoisotopic (exact) mass is 334 g/mol. The fraction of sp³-hybridized carbons (Fsp3) is 0.143. The molecule has 0 spiro atoms. The van der Waals surface area contributed by atoms with Gasteiger partial charge in [0.1, 0.15) is 5.69 Å². The van der Waals surface area contributed by atoms with Gasteiger partial charge in [0.05, 0.1) is 11.4 Å². The topological polar surface area (TPSA) is 25.8 Å². The fourth-order valence-electron chi connectivity index (χ4n) is 2.68. The maximum absolute atomic E-state index is 6.36. The summed E-state index contributed by atoms with van der Waals surface area (Å²) in [5, 5.41) is 0.425. The minimum Gasteiger partial charge on any atom is -0.243 e. The molecule has 0 atom stereocenters. The van der Waals surface area contributed by atoms with Crippen LogP contribution in [-0.2, 0) is 0 Å². The van der Waals surface area contributed by atoms with E-state index < -0.39 is 0 Å². The maximum Gasteiger partial charge on any atom is 0.155 e. The first-order valence-corrected chi connectivity index (χ1v) is 8.37. The molecule has 1 aromatic heterocycles. The maximum atomic E-state index is 6.36. The SMILES string of the molecule is C=C/C=C\c1nc(-c2cccc(C3=CCCC=C3)c2)c(Cl)nc1C. The van der Waals surface area contributed by atoms with Crippen molar-refractivity contribution < 1.29 is 0 Å². The third kappa shape index (κ3) is 3.55. The zero-order valence-electron chi connectivity index (χ0n) is 13.7. The molecule has 0 aliphatic heterocycles. The number of hydrogen-bond acceptors (Lipinski definition) is 2. The molecule has 24 heavy (non-hydrogen) atoms. The molecule has 0 N–H and O–H groups in total. The molecule has 1 heterocycles. The summed E-state index contributed by atoms with van der Waals surface area (Å²) in [4.78, 5) is 9.13. The van der Waals surface area contributed by atoms with Gasteiger partial charge in [-0.05, 0) is 43.0 Å². The lowest BCUT2D eigenvalue weighted by Gasteiger charge is -2.11. The summed E-state index contributed by atoms with van der Waals surface area (Å²) < 4.78 is 0. The van der Waals surface area contributed by atoms with Crippen molar-refractivity contribution in [2.24, 2.45) is 0 Å². The summed E-state index contributed by atoms with van der Waals surface area (Å²) in [7, 11) is 0. The largest absolute Gasteiger partial charge is 0.243 e. The zero-order chi connectivity index (χ0) is 16.9. The van der Waals surface area contributed by atoms with E-state index in [1.54, 1.807) is 6.08 Å². The average molecular weight is 335 g/mol. The molecule has 3 heteroatoms. The van der Waals surface area contributed by atoms with E-state index in [2.05, 4.69) is 41.9 Å². The summed E-state index contributed by atoms with van der Waals surface area (Å²) in [6.45, 7) is 5.60. The predicted molar refractivity (Wildman–Crippen MR) is 103 cm³/mol. The number of halogens is 1. The van der Waals surface area contributed by atoms with Crippen molar-refractivity contribution in [3.05, 3.63) is 83.3 Å². The number of rotatable bonds is 4. The van der Waals surface area contributed by atoms with E-state index in [1.165, 1.54) is 11.1 Å². The van der Waals surface area contributed by atoms with E-state index in [-0.39, 0.29) is 0 Å². The molecule has 120 valence electrons. The van der Waals surface area contributed by atoms with Gasteiger partial charge in [0.25, 0.3) is 0 Å². The second-order valence-corrected chi connectivity index (χ2v) is 6.01. The van der Waals surface area contributed by atoms with Crippen molar-refractivity contribution in [1.29, 1.82) is 0 Å². The smallest absolute Gasteiger partial charge is 0.155 e. The van der Waals surface area contributed by atoms with Gasteiger partial charge in [-0.2, -0.15) is 0 Å². The van der Waals surface area contributed by atoms with Crippen LogP contribution < -0.4 is 0 Å². The zero-order valence-corrected chi connectivity index (χ0v) is 14.4. The summed E-state index contributed by atoms with van der Waals surface area (Å²) in [5.74, 6) is 0. The van der Waals surface area contributed by atoms with Gasteiger partial charge < -0.3 is 0 Å². The first-order valence-electron chi connectivity index (χ1n) is 8.00. The van der Waals surface area contributed by atoms with Crippen LogP contribution in [0, 0.1) is 6.92 Å². The number of nitrogens with zero attached hydrogens (tertiary/aromatic N) is 2. The number of allylic oxidation sites excluding steroid dienone is 6. The summed E-state index contributed by atoms with van der Waals surface area (Å²) >= 11 is 6.36. The van der Waals surface area contributed by atoms with Crippen LogP contribution in [0.4, 0.5) is 0 Å². The Morgan fingerprint density at radius 2 is 2.00 bits per heavy atom. The first-order chi connectivity index (χ1) is 11.7. The Hall–Kier alpha value is -2.45. The first kappa shape index (κ1) is 16.4. The molecule has 1 aliphatic carbocycles. The summed E-state index contributed by atoms with van der Waals surface area (Å²) in [5.41, 5.74) is 5.69. The Morgan fingerprint density at radius 3 is 2.75 bits per heavy atom. The molecular weight excluding hydrogens is 316 g/mol. The average Bonchev–Trinajstić information content (AvgIpc) is 2.62. The molecule has 0 saturated heterocycles. The Balaban J connectivity index is 2.05. The van der Waals surface area contributed by atoms with Gasteiger partial charge in [0, 0.05) is 5.56 Å². The van der Waals surface area contributed by atoms with Crippen LogP contribution in [0.1, 0.15) is 29.8 Å². The van der Waals surface area contributed by atoms with Crippen LogP contribution in [0.5, 0.6) is 0 Å². The molecule has 0 saturated carbocycles. The lowest BCUT2D eigenvalue weighted by atomic mass is 9.97. The van der Waals surface area contributed by atoms with Crippen LogP contribution in [0.25, 0.3) is 22.9 Å². The second-order valence-electron chi connectivity index (χ2n) is 5.65. The van der Waals surface area contributed by atoms with Crippen molar-refractivity contribution >= 4 is 23.3 Å². The van der Waals surface area contributed by atoms with Crippen LogP contribution in [-0.4, -0.2) is 9.97 Å². The third-order valence-corrected chi connectivity index (χ3v) is 4.18. The second kappa shape index (κ2) is 7.41. The van der Waals surface area contributed by atoms with Gasteiger partial charge in [-0.1, -0.05) is 66.8 Å². The number of hydrogen-bond donors (Lipinski definition) is 0. The minimum absolute atomic E-state index is 0.425. The molecular formula is C21H19ClN2. The van der Waals surface area contributed by atoms with Crippen LogP contribution in [0.3, 0.4) is 0 Å². The van der Waals surface area contributed by atoms with Crippen LogP contribution in [0.2, 0.25) is 5.15 Å². The standard InChI is InChI=1S/C21H19ClN2/c1-3-4-13-19-15(2)23-21(22)20(24-19)18-12-8-11-17(14-18)16-9-6-5-7-10-16/h3-4,6,8-14H,1,5,7H2,2H3/b13-4-. The van der Waals surface area contributed by atoms with Crippen molar-refractivity contribution in [1.82, 2.24) is 9.97 Å². The highest BCUT2D eigenvalue weighted by molar-refractivity contribution is 6.31. The normalized spacial score (nSPS) is 14.0. The molecule has 1 aliphatic rings. The van der Waals surface area contributed by atoms with Crippen molar-refractivity contribution in [3.8, 4) is 11.3 Å². The minimum atomic E-state index is 0.425. The van der Waals surface area contributed by atoms with E-state index in [4.69, 9.17) is 16.6 Å². The fourth-order valence-corrected chi connectivity index (χ4v) is 2.96. The molecule has 3 rings (SSSR count). The van der Waals surface area contributed by atoms with Crippen LogP contribution in [0.15, 0.2) is 61.2 Å². The van der Waals surface area contributed by atoms with Gasteiger partial charge in [-0.25, -0.2) is 9.97 Å². The third-order valence-electron chi connectivity index (χ3n) is 3.92. The summed E-state index contributed by atoms with van der Waals surface area (Å²) in [6, 6.07) is 8.28. The molecule has 2 aromatic rings. The van der Waals surface area contributed by atoms with Crippen LogP contribution >= 0.6 is 11.6 Å². The number of benzene rings is 1. The molecule has 0 fully saturated rings. The molecule has 2 nitrogen and oxygen atoms in total. The Kier molecular flexibility index (Phi) is 5.07. The molecule has 0 amide bonds. The predicted octanol–water partition coefficient (Wildman–Crippen LogP) is 6.04. The Morgan fingerprint density at radius 1 is 1.17 bits per heavy atom. The Bertz CT molecular complexity index is 860. The molecule has 0 radical (unpaired) electrons. The van der Waals surface area contributed by atoms with E-state index in [1.807, 2.05) is 31.2 Å². The van der Waals surface area contributed by atoms with Gasteiger partial charge >= 0.3 is 0 Å². The number of aromatic nitrogens is 2. The van der Waals surface area contributed by atoms with E-state index >= 15 is 0 Å². The highest BCUT2D eigenvalue weighted by atomic mass is 35.5. The molecule has 0 unspecified atom stereocenters. The lowest BCUT2D eigenvalue weighted by molar-refractivity contribution is 1.04. The van der Waals surface area contributed by atoms with Crippen molar-refractivity contribution in [2.75, 3.05) is 0 Å². The van der Waals surface area contributed by atoms with E-state index in [9.17, 15) is 0 Å². The lowest BCUT2D eigenvalue weighted by Crippen LogP contribution is -1.97. The van der Waals surface area contributed by atoms with Gasteiger partial charge in [0.2, 0.25) is 0 Å². The highest BCUT2D eigenvalue weighted by Gasteiger charge is 2.11. The van der Waals surface area contributed by atoms with Crippen molar-refractivity contribution in [2.45, 2.75) is 19.8 Å². The Labute approximate surface area is 147 Å². The highest BCUT2D eigenvalue weighted by Crippen LogP contribution is 2.29. The molecule has 1 aromatic carbocycles. The summed E-state index contributed by atoms with van der Waals surface area (Å²) in [6.07, 6.45) is 14.3. The number of aryl methyl sites for hydroxylation is 1. The molecule has 0 bridgehead atoms. The van der Waals surface area contributed by atoms with E-state index in [0.717, 1.165) is 29.8 Å². The quantitative estimate of drug-likeness (QED) is 0.637.